The van der Waals surface area contributed by atoms with E-state index in [1.165, 1.54) is 13.1 Å². The number of likely N-dealkylation sites (tertiary alicyclic amines) is 2. The molecule has 3 fully saturated rings. The van der Waals surface area contributed by atoms with Crippen LogP contribution in [0.5, 0.6) is 0 Å². The van der Waals surface area contributed by atoms with Crippen LogP contribution in [0.3, 0.4) is 0 Å². The highest BCUT2D eigenvalue weighted by Crippen LogP contribution is 2.29. The maximum absolute atomic E-state index is 11.5. The summed E-state index contributed by atoms with van der Waals surface area (Å²) in [6.45, 7) is 7.59. The summed E-state index contributed by atoms with van der Waals surface area (Å²) in [5, 5.41) is 1.97. The Balaban J connectivity index is 1.36. The summed E-state index contributed by atoms with van der Waals surface area (Å²) in [5.41, 5.74) is 0. The molecule has 2 N–H and O–H groups in total. The molecule has 5 heteroatoms. The van der Waals surface area contributed by atoms with E-state index in [1.54, 1.807) is 0 Å². The second-order valence-electron chi connectivity index (χ2n) is 6.07. The Hall–Kier alpha value is -0.650. The summed E-state index contributed by atoms with van der Waals surface area (Å²) in [5.74, 6) is 7.75. The molecule has 0 saturated carbocycles. The average Bonchev–Trinajstić information content (AvgIpc) is 2.94. The molecule has 102 valence electrons. The van der Waals surface area contributed by atoms with E-state index in [0.29, 0.717) is 5.91 Å². The number of rotatable bonds is 4. The minimum absolute atomic E-state index is 0.354. The largest absolute Gasteiger partial charge is 0.343 e. The number of hydrogen-bond acceptors (Lipinski definition) is 4. The van der Waals surface area contributed by atoms with Crippen molar-refractivity contribution in [2.75, 3.05) is 45.8 Å². The van der Waals surface area contributed by atoms with Gasteiger partial charge in [-0.2, -0.15) is 0 Å². The molecule has 3 aliphatic rings. The van der Waals surface area contributed by atoms with Gasteiger partial charge in [-0.15, -0.1) is 0 Å². The highest BCUT2D eigenvalue weighted by atomic mass is 16.2. The topological polar surface area (TPSA) is 52.8 Å². The fourth-order valence-corrected chi connectivity index (χ4v) is 3.73. The van der Waals surface area contributed by atoms with Gasteiger partial charge in [0.2, 0.25) is 5.91 Å². The number of amides is 1. The van der Waals surface area contributed by atoms with E-state index in [9.17, 15) is 4.79 Å². The summed E-state index contributed by atoms with van der Waals surface area (Å²) in [7, 11) is 0. The molecule has 3 rings (SSSR count). The standard InChI is InChI=1S/C13H24N4O/c14-17-9-11-7-15(8-12(11)10-17)4-2-6-16-5-1-3-13(16)18/h11-12H,1-10,14H2/t11-,12+. The van der Waals surface area contributed by atoms with Crippen LogP contribution in [0.1, 0.15) is 19.3 Å². The van der Waals surface area contributed by atoms with Gasteiger partial charge in [-0.3, -0.25) is 10.6 Å². The molecule has 2 atom stereocenters. The molecule has 0 aromatic carbocycles. The summed E-state index contributed by atoms with van der Waals surface area (Å²) >= 11 is 0. The molecule has 0 unspecified atom stereocenters. The first-order valence-electron chi connectivity index (χ1n) is 7.22. The van der Waals surface area contributed by atoms with Gasteiger partial charge in [0, 0.05) is 45.7 Å². The zero-order valence-electron chi connectivity index (χ0n) is 11.1. The lowest BCUT2D eigenvalue weighted by Gasteiger charge is -2.21. The highest BCUT2D eigenvalue weighted by Gasteiger charge is 2.38. The Morgan fingerprint density at radius 1 is 1.11 bits per heavy atom. The normalized spacial score (nSPS) is 33.6. The van der Waals surface area contributed by atoms with Crippen molar-refractivity contribution in [1.82, 2.24) is 14.8 Å². The maximum atomic E-state index is 11.5. The summed E-state index contributed by atoms with van der Waals surface area (Å²) in [6, 6.07) is 0. The molecule has 0 aromatic heterocycles. The lowest BCUT2D eigenvalue weighted by molar-refractivity contribution is -0.127. The Morgan fingerprint density at radius 2 is 1.83 bits per heavy atom. The van der Waals surface area contributed by atoms with E-state index >= 15 is 0 Å². The van der Waals surface area contributed by atoms with E-state index in [2.05, 4.69) is 4.90 Å². The predicted octanol–water partition coefficient (Wildman–Crippen LogP) is -0.264. The van der Waals surface area contributed by atoms with E-state index in [1.807, 2.05) is 9.91 Å². The fourth-order valence-electron chi connectivity index (χ4n) is 3.73. The minimum atomic E-state index is 0.354. The van der Waals surface area contributed by atoms with Gasteiger partial charge >= 0.3 is 0 Å². The molecule has 0 aromatic rings. The number of fused-ring (bicyclic) bond motifs is 1. The zero-order chi connectivity index (χ0) is 12.5. The van der Waals surface area contributed by atoms with Gasteiger partial charge in [0.1, 0.15) is 0 Å². The number of carbonyl (C=O) groups excluding carboxylic acids is 1. The van der Waals surface area contributed by atoms with E-state index < -0.39 is 0 Å². The molecule has 5 nitrogen and oxygen atoms in total. The molecule has 3 aliphatic heterocycles. The van der Waals surface area contributed by atoms with Crippen LogP contribution in [0, 0.1) is 11.8 Å². The number of nitrogens with two attached hydrogens (primary N) is 1. The van der Waals surface area contributed by atoms with Crippen molar-refractivity contribution >= 4 is 5.91 Å². The molecule has 3 saturated heterocycles. The fraction of sp³-hybridized carbons (Fsp3) is 0.923. The molecule has 0 radical (unpaired) electrons. The third-order valence-electron chi connectivity index (χ3n) is 4.66. The Labute approximate surface area is 109 Å². The molecule has 0 aliphatic carbocycles. The van der Waals surface area contributed by atoms with Crippen LogP contribution in [-0.4, -0.2) is 66.5 Å². The lowest BCUT2D eigenvalue weighted by Crippen LogP contribution is -2.34. The third-order valence-corrected chi connectivity index (χ3v) is 4.66. The van der Waals surface area contributed by atoms with Crippen LogP contribution in [0.4, 0.5) is 0 Å². The summed E-state index contributed by atoms with van der Waals surface area (Å²) < 4.78 is 0. The van der Waals surface area contributed by atoms with Gasteiger partial charge in [-0.25, -0.2) is 5.01 Å². The minimum Gasteiger partial charge on any atom is -0.343 e. The molecular weight excluding hydrogens is 228 g/mol. The smallest absolute Gasteiger partial charge is 0.222 e. The third kappa shape index (κ3) is 2.53. The van der Waals surface area contributed by atoms with Crippen molar-refractivity contribution in [2.24, 2.45) is 17.7 Å². The second-order valence-corrected chi connectivity index (χ2v) is 6.07. The Bertz CT molecular complexity index is 308. The first-order valence-corrected chi connectivity index (χ1v) is 7.22. The maximum Gasteiger partial charge on any atom is 0.222 e. The highest BCUT2D eigenvalue weighted by molar-refractivity contribution is 5.77. The van der Waals surface area contributed by atoms with Crippen molar-refractivity contribution in [2.45, 2.75) is 19.3 Å². The van der Waals surface area contributed by atoms with Crippen LogP contribution in [0.25, 0.3) is 0 Å². The predicted molar refractivity (Wildman–Crippen MR) is 69.6 cm³/mol. The molecule has 1 amide bonds. The average molecular weight is 252 g/mol. The van der Waals surface area contributed by atoms with Gasteiger partial charge in [0.25, 0.3) is 0 Å². The first-order chi connectivity index (χ1) is 8.72. The quantitative estimate of drug-likeness (QED) is 0.700. The van der Waals surface area contributed by atoms with E-state index in [-0.39, 0.29) is 0 Å². The SMILES string of the molecule is NN1C[C@@H]2CN(CCCN3CCCC3=O)C[C@@H]2C1. The number of hydrogen-bond donors (Lipinski definition) is 1. The Morgan fingerprint density at radius 3 is 2.44 bits per heavy atom. The van der Waals surface area contributed by atoms with Crippen LogP contribution in [-0.2, 0) is 4.79 Å². The molecule has 0 bridgehead atoms. The number of carbonyl (C=O) groups is 1. The van der Waals surface area contributed by atoms with Gasteiger partial charge < -0.3 is 9.80 Å². The van der Waals surface area contributed by atoms with Crippen molar-refractivity contribution in [1.29, 1.82) is 0 Å². The molecule has 18 heavy (non-hydrogen) atoms. The lowest BCUT2D eigenvalue weighted by atomic mass is 10.0. The molecule has 3 heterocycles. The van der Waals surface area contributed by atoms with Crippen molar-refractivity contribution in [3.63, 3.8) is 0 Å². The second kappa shape index (κ2) is 5.15. The van der Waals surface area contributed by atoms with Gasteiger partial charge in [0.05, 0.1) is 0 Å². The van der Waals surface area contributed by atoms with Gasteiger partial charge in [0.15, 0.2) is 0 Å². The van der Waals surface area contributed by atoms with Gasteiger partial charge in [-0.05, 0) is 31.2 Å². The van der Waals surface area contributed by atoms with Gasteiger partial charge in [-0.1, -0.05) is 0 Å². The van der Waals surface area contributed by atoms with Crippen molar-refractivity contribution < 1.29 is 4.79 Å². The van der Waals surface area contributed by atoms with Crippen LogP contribution in [0.2, 0.25) is 0 Å². The molecule has 0 spiro atoms. The van der Waals surface area contributed by atoms with Crippen LogP contribution >= 0.6 is 0 Å². The zero-order valence-corrected chi connectivity index (χ0v) is 11.1. The monoisotopic (exact) mass is 252 g/mol. The first kappa shape index (κ1) is 12.4. The van der Waals surface area contributed by atoms with Crippen LogP contribution < -0.4 is 5.84 Å². The summed E-state index contributed by atoms with van der Waals surface area (Å²) in [6.07, 6.45) is 2.94. The van der Waals surface area contributed by atoms with Crippen molar-refractivity contribution in [3.8, 4) is 0 Å². The van der Waals surface area contributed by atoms with Crippen LogP contribution in [0.15, 0.2) is 0 Å². The summed E-state index contributed by atoms with van der Waals surface area (Å²) in [4.78, 5) is 16.1. The number of hydrazine groups is 1. The van der Waals surface area contributed by atoms with E-state index in [4.69, 9.17) is 5.84 Å². The van der Waals surface area contributed by atoms with E-state index in [0.717, 1.165) is 63.8 Å². The number of nitrogens with zero attached hydrogens (tertiary/aromatic N) is 3. The molecular formula is C13H24N4O. The Kier molecular flexibility index (Phi) is 3.54. The van der Waals surface area contributed by atoms with Crippen molar-refractivity contribution in [3.05, 3.63) is 0 Å².